The smallest absolute Gasteiger partial charge is 0.0795 e. The van der Waals surface area contributed by atoms with Gasteiger partial charge in [0.05, 0.1) is 23.4 Å². The van der Waals surface area contributed by atoms with E-state index in [0.717, 1.165) is 12.2 Å². The molecular formula is C10H14N2OS. The van der Waals surface area contributed by atoms with Gasteiger partial charge in [0.1, 0.15) is 0 Å². The molecule has 2 aliphatic heterocycles. The lowest BCUT2D eigenvalue weighted by molar-refractivity contribution is 0.0972. The average molecular weight is 210 g/mol. The van der Waals surface area contributed by atoms with Crippen molar-refractivity contribution in [3.05, 3.63) is 16.6 Å². The Morgan fingerprint density at radius 2 is 2.57 bits per heavy atom. The summed E-state index contributed by atoms with van der Waals surface area (Å²) in [6.45, 7) is 0.890. The molecule has 2 bridgehead atoms. The summed E-state index contributed by atoms with van der Waals surface area (Å²) < 4.78 is 5.77. The minimum absolute atomic E-state index is 0.471. The van der Waals surface area contributed by atoms with Gasteiger partial charge in [-0.2, -0.15) is 0 Å². The third-order valence-electron chi connectivity index (χ3n) is 3.13. The molecule has 3 atom stereocenters. The minimum Gasteiger partial charge on any atom is -0.373 e. The maximum Gasteiger partial charge on any atom is 0.0795 e. The molecule has 2 fully saturated rings. The summed E-state index contributed by atoms with van der Waals surface area (Å²) in [6, 6.07) is 0.565. The highest BCUT2D eigenvalue weighted by molar-refractivity contribution is 7.07. The van der Waals surface area contributed by atoms with E-state index < -0.39 is 0 Å². The molecule has 0 radical (unpaired) electrons. The molecule has 1 N–H and O–H groups in total. The molecule has 3 nitrogen and oxygen atoms in total. The molecule has 1 aromatic heterocycles. The Hall–Kier alpha value is -0.450. The predicted molar refractivity (Wildman–Crippen MR) is 55.3 cm³/mol. The van der Waals surface area contributed by atoms with Crippen LogP contribution in [0, 0.1) is 0 Å². The van der Waals surface area contributed by atoms with Crippen LogP contribution in [0.15, 0.2) is 10.9 Å². The first-order valence-electron chi connectivity index (χ1n) is 5.18. The number of ether oxygens (including phenoxy) is 1. The van der Waals surface area contributed by atoms with Crippen molar-refractivity contribution < 1.29 is 4.74 Å². The van der Waals surface area contributed by atoms with Gasteiger partial charge in [-0.1, -0.05) is 0 Å². The van der Waals surface area contributed by atoms with Crippen molar-refractivity contribution in [1.82, 2.24) is 10.3 Å². The van der Waals surface area contributed by atoms with Gasteiger partial charge in [-0.3, -0.25) is 0 Å². The van der Waals surface area contributed by atoms with Gasteiger partial charge in [0, 0.05) is 18.0 Å². The highest BCUT2D eigenvalue weighted by atomic mass is 32.1. The fraction of sp³-hybridized carbons (Fsp3) is 0.700. The van der Waals surface area contributed by atoms with Crippen LogP contribution in [0.2, 0.25) is 0 Å². The molecule has 3 rings (SSSR count). The van der Waals surface area contributed by atoms with E-state index in [2.05, 4.69) is 15.7 Å². The van der Waals surface area contributed by atoms with Crippen LogP contribution >= 0.6 is 11.3 Å². The van der Waals surface area contributed by atoms with Crippen molar-refractivity contribution in [3.63, 3.8) is 0 Å². The lowest BCUT2D eigenvalue weighted by atomic mass is 9.95. The molecule has 0 aromatic carbocycles. The van der Waals surface area contributed by atoms with E-state index in [1.807, 2.05) is 5.51 Å². The van der Waals surface area contributed by atoms with Crippen LogP contribution in [0.25, 0.3) is 0 Å². The van der Waals surface area contributed by atoms with Crippen LogP contribution in [0.4, 0.5) is 0 Å². The maximum absolute atomic E-state index is 5.77. The van der Waals surface area contributed by atoms with Gasteiger partial charge in [-0.25, -0.2) is 4.98 Å². The second-order valence-corrected chi connectivity index (χ2v) is 4.80. The van der Waals surface area contributed by atoms with E-state index in [4.69, 9.17) is 4.74 Å². The van der Waals surface area contributed by atoms with Gasteiger partial charge in [-0.05, 0) is 19.3 Å². The van der Waals surface area contributed by atoms with E-state index in [-0.39, 0.29) is 0 Å². The lowest BCUT2D eigenvalue weighted by Crippen LogP contribution is -2.37. The minimum atomic E-state index is 0.471. The van der Waals surface area contributed by atoms with Crippen LogP contribution in [-0.2, 0) is 11.3 Å². The Morgan fingerprint density at radius 1 is 1.57 bits per heavy atom. The fourth-order valence-corrected chi connectivity index (χ4v) is 2.97. The van der Waals surface area contributed by atoms with Gasteiger partial charge in [0.15, 0.2) is 0 Å². The summed E-state index contributed by atoms with van der Waals surface area (Å²) in [7, 11) is 0. The summed E-state index contributed by atoms with van der Waals surface area (Å²) in [5, 5.41) is 5.63. The SMILES string of the molecule is c1nc(CNC2CC3CCC2O3)cs1. The Labute approximate surface area is 87.5 Å². The third-order valence-corrected chi connectivity index (χ3v) is 3.77. The second-order valence-electron chi connectivity index (χ2n) is 4.08. The van der Waals surface area contributed by atoms with Crippen molar-refractivity contribution in [3.8, 4) is 0 Å². The molecule has 1 aromatic rings. The monoisotopic (exact) mass is 210 g/mol. The van der Waals surface area contributed by atoms with Crippen molar-refractivity contribution >= 4 is 11.3 Å². The molecule has 2 saturated heterocycles. The van der Waals surface area contributed by atoms with Gasteiger partial charge >= 0.3 is 0 Å². The Kier molecular flexibility index (Phi) is 2.27. The van der Waals surface area contributed by atoms with E-state index in [9.17, 15) is 0 Å². The molecule has 3 heterocycles. The zero-order valence-corrected chi connectivity index (χ0v) is 8.80. The molecule has 4 heteroatoms. The van der Waals surface area contributed by atoms with Gasteiger partial charge in [-0.15, -0.1) is 11.3 Å². The van der Waals surface area contributed by atoms with Crippen molar-refractivity contribution in [2.45, 2.75) is 44.1 Å². The molecular weight excluding hydrogens is 196 g/mol. The van der Waals surface area contributed by atoms with Gasteiger partial charge in [0.25, 0.3) is 0 Å². The number of rotatable bonds is 3. The summed E-state index contributed by atoms with van der Waals surface area (Å²) in [4.78, 5) is 4.25. The van der Waals surface area contributed by atoms with Gasteiger partial charge < -0.3 is 10.1 Å². The third kappa shape index (κ3) is 1.58. The van der Waals surface area contributed by atoms with Gasteiger partial charge in [0.2, 0.25) is 0 Å². The van der Waals surface area contributed by atoms with Crippen molar-refractivity contribution in [1.29, 1.82) is 0 Å². The van der Waals surface area contributed by atoms with E-state index >= 15 is 0 Å². The highest BCUT2D eigenvalue weighted by Crippen LogP contribution is 2.34. The zero-order chi connectivity index (χ0) is 9.38. The molecule has 0 spiro atoms. The average Bonchev–Trinajstić information content (AvgIpc) is 2.91. The normalized spacial score (nSPS) is 35.3. The summed E-state index contributed by atoms with van der Waals surface area (Å²) in [5.41, 5.74) is 3.03. The fourth-order valence-electron chi connectivity index (χ4n) is 2.41. The van der Waals surface area contributed by atoms with E-state index in [1.165, 1.54) is 19.3 Å². The lowest BCUT2D eigenvalue weighted by Gasteiger charge is -2.19. The van der Waals surface area contributed by atoms with Crippen LogP contribution in [0.1, 0.15) is 25.0 Å². The number of nitrogens with one attached hydrogen (secondary N) is 1. The number of thiazole rings is 1. The standard InChI is InChI=1S/C10H14N2OS/c1-2-10-9(3-8(1)13-10)11-4-7-5-14-6-12-7/h5-6,8-11H,1-4H2. The second kappa shape index (κ2) is 3.61. The first-order chi connectivity index (χ1) is 6.92. The van der Waals surface area contributed by atoms with Crippen LogP contribution in [0.3, 0.4) is 0 Å². The van der Waals surface area contributed by atoms with Crippen molar-refractivity contribution in [2.75, 3.05) is 0 Å². The number of nitrogens with zero attached hydrogens (tertiary/aromatic N) is 1. The molecule has 2 aliphatic rings. The molecule has 0 aliphatic carbocycles. The first kappa shape index (κ1) is 8.83. The molecule has 76 valence electrons. The predicted octanol–water partition coefficient (Wildman–Crippen LogP) is 1.55. The number of aromatic nitrogens is 1. The summed E-state index contributed by atoms with van der Waals surface area (Å²) in [6.07, 6.45) is 4.69. The summed E-state index contributed by atoms with van der Waals surface area (Å²) >= 11 is 1.66. The maximum atomic E-state index is 5.77. The molecule has 3 unspecified atom stereocenters. The number of hydrogen-bond donors (Lipinski definition) is 1. The number of fused-ring (bicyclic) bond motifs is 2. The Bertz CT molecular complexity index is 301. The van der Waals surface area contributed by atoms with Crippen LogP contribution < -0.4 is 5.32 Å². The first-order valence-corrected chi connectivity index (χ1v) is 6.12. The number of hydrogen-bond acceptors (Lipinski definition) is 4. The Morgan fingerprint density at radius 3 is 3.21 bits per heavy atom. The van der Waals surface area contributed by atoms with Crippen LogP contribution in [0.5, 0.6) is 0 Å². The highest BCUT2D eigenvalue weighted by Gasteiger charge is 2.40. The topological polar surface area (TPSA) is 34.2 Å². The van der Waals surface area contributed by atoms with Crippen molar-refractivity contribution in [2.24, 2.45) is 0 Å². The molecule has 0 amide bonds. The Balaban J connectivity index is 1.54. The largest absolute Gasteiger partial charge is 0.373 e. The van der Waals surface area contributed by atoms with E-state index in [0.29, 0.717) is 18.2 Å². The van der Waals surface area contributed by atoms with Crippen LogP contribution in [-0.4, -0.2) is 23.2 Å². The quantitative estimate of drug-likeness (QED) is 0.822. The summed E-state index contributed by atoms with van der Waals surface area (Å²) in [5.74, 6) is 0. The zero-order valence-electron chi connectivity index (χ0n) is 7.98. The molecule has 14 heavy (non-hydrogen) atoms. The molecule has 0 saturated carbocycles. The van der Waals surface area contributed by atoms with E-state index in [1.54, 1.807) is 11.3 Å².